The van der Waals surface area contributed by atoms with Crippen molar-refractivity contribution in [1.29, 1.82) is 0 Å². The van der Waals surface area contributed by atoms with Crippen LogP contribution in [0.15, 0.2) is 48.5 Å². The maximum atomic E-state index is 12.1. The Bertz CT molecular complexity index is 916. The van der Waals surface area contributed by atoms with Gasteiger partial charge in [-0.15, -0.1) is 0 Å². The summed E-state index contributed by atoms with van der Waals surface area (Å²) in [6.07, 6.45) is 0.686. The third-order valence-corrected chi connectivity index (χ3v) is 5.48. The van der Waals surface area contributed by atoms with Gasteiger partial charge in [0.05, 0.1) is 6.61 Å². The molecule has 32 heavy (non-hydrogen) atoms. The van der Waals surface area contributed by atoms with E-state index in [1.54, 1.807) is 0 Å². The average Bonchev–Trinajstić information content (AvgIpc) is 3.10. The zero-order valence-electron chi connectivity index (χ0n) is 17.8. The van der Waals surface area contributed by atoms with Gasteiger partial charge in [0.15, 0.2) is 0 Å². The van der Waals surface area contributed by atoms with Gasteiger partial charge in [0.1, 0.15) is 13.2 Å². The average molecular weight is 440 g/mol. The van der Waals surface area contributed by atoms with Crippen molar-refractivity contribution in [3.05, 3.63) is 59.7 Å². The Morgan fingerprint density at radius 1 is 0.969 bits per heavy atom. The number of carboxylic acid groups (broad SMARTS) is 1. The number of unbranched alkanes of at least 4 members (excludes halogenated alkanes) is 1. The maximum Gasteiger partial charge on any atom is 0.407 e. The van der Waals surface area contributed by atoms with Crippen LogP contribution in [0.5, 0.6) is 0 Å². The zero-order chi connectivity index (χ0) is 22.9. The number of benzene rings is 2. The first-order valence-corrected chi connectivity index (χ1v) is 10.7. The molecular formula is C24H28N2O6. The van der Waals surface area contributed by atoms with Gasteiger partial charge in [-0.05, 0) is 35.1 Å². The van der Waals surface area contributed by atoms with Crippen LogP contribution in [0.25, 0.3) is 11.1 Å². The van der Waals surface area contributed by atoms with Gasteiger partial charge in [0.2, 0.25) is 5.91 Å². The van der Waals surface area contributed by atoms with Crippen LogP contribution in [0.2, 0.25) is 0 Å². The number of carbonyl (C=O) groups excluding carboxylic acids is 2. The lowest BCUT2D eigenvalue weighted by Crippen LogP contribution is -2.37. The van der Waals surface area contributed by atoms with E-state index in [0.717, 1.165) is 16.0 Å². The molecule has 0 aromatic heterocycles. The standard InChI is InChI=1S/C24H28N2O6/c27-14-13-26(15-23(29)30)22(28)11-5-6-12-25-24(31)32-16-21-19-9-3-1-7-17(19)18-8-2-4-10-20(18)21/h1-4,7-10,21,27H,5-6,11-16H2,(H,25,31)(H,29,30). The van der Waals surface area contributed by atoms with E-state index in [9.17, 15) is 14.4 Å². The number of rotatable bonds is 11. The zero-order valence-corrected chi connectivity index (χ0v) is 17.8. The molecule has 0 saturated heterocycles. The molecule has 1 aliphatic carbocycles. The third kappa shape index (κ3) is 5.85. The lowest BCUT2D eigenvalue weighted by atomic mass is 9.98. The maximum absolute atomic E-state index is 12.1. The molecule has 1 aliphatic rings. The van der Waals surface area contributed by atoms with E-state index in [4.69, 9.17) is 14.9 Å². The second-order valence-electron chi connectivity index (χ2n) is 7.64. The minimum Gasteiger partial charge on any atom is -0.480 e. The quantitative estimate of drug-likeness (QED) is 0.463. The summed E-state index contributed by atoms with van der Waals surface area (Å²) in [5, 5.41) is 20.5. The lowest BCUT2D eigenvalue weighted by Gasteiger charge is -2.19. The van der Waals surface area contributed by atoms with Gasteiger partial charge in [-0.25, -0.2) is 4.79 Å². The summed E-state index contributed by atoms with van der Waals surface area (Å²) >= 11 is 0. The monoisotopic (exact) mass is 440 g/mol. The molecule has 0 fully saturated rings. The van der Waals surface area contributed by atoms with Gasteiger partial charge < -0.3 is 25.2 Å². The SMILES string of the molecule is O=C(O)CN(CCO)C(=O)CCCCNC(=O)OCC1c2ccccc2-c2ccccc21. The fourth-order valence-electron chi connectivity index (χ4n) is 3.98. The van der Waals surface area contributed by atoms with Crippen molar-refractivity contribution < 1.29 is 29.3 Å². The van der Waals surface area contributed by atoms with Crippen molar-refractivity contribution in [2.75, 3.05) is 32.8 Å². The largest absolute Gasteiger partial charge is 0.480 e. The van der Waals surface area contributed by atoms with Gasteiger partial charge >= 0.3 is 12.1 Å². The Labute approximate surface area is 186 Å². The lowest BCUT2D eigenvalue weighted by molar-refractivity contribution is -0.144. The van der Waals surface area contributed by atoms with E-state index < -0.39 is 18.6 Å². The van der Waals surface area contributed by atoms with Crippen LogP contribution in [0.1, 0.15) is 36.3 Å². The van der Waals surface area contributed by atoms with E-state index >= 15 is 0 Å². The van der Waals surface area contributed by atoms with Crippen molar-refractivity contribution in [1.82, 2.24) is 10.2 Å². The van der Waals surface area contributed by atoms with Crippen LogP contribution in [0, 0.1) is 0 Å². The van der Waals surface area contributed by atoms with Gasteiger partial charge in [-0.1, -0.05) is 48.5 Å². The highest BCUT2D eigenvalue weighted by Gasteiger charge is 2.28. The molecule has 170 valence electrons. The Kier molecular flexibility index (Phi) is 8.21. The molecule has 0 aliphatic heterocycles. The number of nitrogens with one attached hydrogen (secondary N) is 1. The number of carbonyl (C=O) groups is 3. The first kappa shape index (κ1) is 23.3. The molecular weight excluding hydrogens is 412 g/mol. The predicted octanol–water partition coefficient (Wildman–Crippen LogP) is 2.60. The Hall–Kier alpha value is -3.39. The van der Waals surface area contributed by atoms with Crippen molar-refractivity contribution >= 4 is 18.0 Å². The van der Waals surface area contributed by atoms with Crippen molar-refractivity contribution in [3.8, 4) is 11.1 Å². The summed E-state index contributed by atoms with van der Waals surface area (Å²) in [4.78, 5) is 36.1. The molecule has 8 nitrogen and oxygen atoms in total. The molecule has 0 spiro atoms. The molecule has 0 atom stereocenters. The van der Waals surface area contributed by atoms with Gasteiger partial charge in [0, 0.05) is 25.4 Å². The van der Waals surface area contributed by atoms with Crippen LogP contribution in [-0.2, 0) is 14.3 Å². The fraction of sp³-hybridized carbons (Fsp3) is 0.375. The number of alkyl carbamates (subject to hydrolysis) is 1. The van der Waals surface area contributed by atoms with E-state index in [1.165, 1.54) is 11.1 Å². The van der Waals surface area contributed by atoms with Gasteiger partial charge in [-0.3, -0.25) is 9.59 Å². The Morgan fingerprint density at radius 3 is 2.19 bits per heavy atom. The highest BCUT2D eigenvalue weighted by atomic mass is 16.5. The minimum atomic E-state index is -1.12. The summed E-state index contributed by atoms with van der Waals surface area (Å²) < 4.78 is 5.46. The molecule has 2 aromatic rings. The van der Waals surface area contributed by atoms with E-state index in [0.29, 0.717) is 19.4 Å². The number of aliphatic hydroxyl groups is 1. The van der Waals surface area contributed by atoms with Crippen LogP contribution in [-0.4, -0.2) is 65.9 Å². The van der Waals surface area contributed by atoms with E-state index in [-0.39, 0.29) is 38.0 Å². The number of aliphatic carboxylic acids is 1. The number of hydrogen-bond acceptors (Lipinski definition) is 5. The third-order valence-electron chi connectivity index (χ3n) is 5.48. The number of amides is 2. The highest BCUT2D eigenvalue weighted by molar-refractivity contribution is 5.81. The topological polar surface area (TPSA) is 116 Å². The molecule has 0 unspecified atom stereocenters. The van der Waals surface area contributed by atoms with Crippen molar-refractivity contribution in [2.45, 2.75) is 25.2 Å². The second-order valence-corrected chi connectivity index (χ2v) is 7.64. The van der Waals surface area contributed by atoms with Crippen LogP contribution < -0.4 is 5.32 Å². The van der Waals surface area contributed by atoms with Crippen molar-refractivity contribution in [2.24, 2.45) is 0 Å². The van der Waals surface area contributed by atoms with Crippen LogP contribution in [0.3, 0.4) is 0 Å². The smallest absolute Gasteiger partial charge is 0.407 e. The minimum absolute atomic E-state index is 0.00230. The molecule has 8 heteroatoms. The number of ether oxygens (including phenoxy) is 1. The van der Waals surface area contributed by atoms with Gasteiger partial charge in [-0.2, -0.15) is 0 Å². The number of aliphatic hydroxyl groups excluding tert-OH is 1. The molecule has 0 heterocycles. The molecule has 2 aromatic carbocycles. The molecule has 0 saturated carbocycles. The second kappa shape index (κ2) is 11.3. The Morgan fingerprint density at radius 2 is 1.59 bits per heavy atom. The summed E-state index contributed by atoms with van der Waals surface area (Å²) in [6, 6.07) is 16.2. The summed E-state index contributed by atoms with van der Waals surface area (Å²) in [7, 11) is 0. The number of carboxylic acids is 1. The summed E-state index contributed by atoms with van der Waals surface area (Å²) in [5.41, 5.74) is 4.63. The van der Waals surface area contributed by atoms with Crippen LogP contribution in [0.4, 0.5) is 4.79 Å². The molecule has 3 rings (SSSR count). The Balaban J connectivity index is 1.40. The van der Waals surface area contributed by atoms with Crippen molar-refractivity contribution in [3.63, 3.8) is 0 Å². The molecule has 2 amide bonds. The first-order valence-electron chi connectivity index (χ1n) is 10.7. The molecule has 3 N–H and O–H groups in total. The van der Waals surface area contributed by atoms with Crippen LogP contribution >= 0.6 is 0 Å². The number of fused-ring (bicyclic) bond motifs is 3. The molecule has 0 radical (unpaired) electrons. The fourth-order valence-corrected chi connectivity index (χ4v) is 3.98. The normalized spacial score (nSPS) is 12.0. The summed E-state index contributed by atoms with van der Waals surface area (Å²) in [5.74, 6) is -1.45. The predicted molar refractivity (Wildman–Crippen MR) is 118 cm³/mol. The van der Waals surface area contributed by atoms with E-state index in [2.05, 4.69) is 29.6 Å². The summed E-state index contributed by atoms with van der Waals surface area (Å²) in [6.45, 7) is -0.143. The molecule has 0 bridgehead atoms. The number of hydrogen-bond donors (Lipinski definition) is 3. The van der Waals surface area contributed by atoms with Gasteiger partial charge in [0.25, 0.3) is 0 Å². The highest BCUT2D eigenvalue weighted by Crippen LogP contribution is 2.44. The first-order chi connectivity index (χ1) is 15.5. The van der Waals surface area contributed by atoms with E-state index in [1.807, 2.05) is 24.3 Å². The number of nitrogens with zero attached hydrogens (tertiary/aromatic N) is 1.